The number of rotatable bonds is 1. The van der Waals surface area contributed by atoms with E-state index < -0.39 is 0 Å². The molecule has 1 aliphatic carbocycles. The van der Waals surface area contributed by atoms with Crippen LogP contribution in [-0.4, -0.2) is 0 Å². The minimum Gasteiger partial charge on any atom is -0.263 e. The van der Waals surface area contributed by atoms with E-state index in [1.165, 1.54) is 17.7 Å². The highest BCUT2D eigenvalue weighted by atomic mass is 32.2. The fourth-order valence-electron chi connectivity index (χ4n) is 0.861. The molecule has 0 amide bonds. The molecule has 1 heterocycles. The van der Waals surface area contributed by atoms with Crippen LogP contribution in [0.3, 0.4) is 0 Å². The topological polar surface area (TPSA) is 14.1 Å². The second kappa shape index (κ2) is 2.10. The first-order valence-electron chi connectivity index (χ1n) is 3.18. The molecular formula is C7H8NS. The van der Waals surface area contributed by atoms with Crippen LogP contribution in [0.25, 0.3) is 0 Å². The van der Waals surface area contributed by atoms with Crippen molar-refractivity contribution in [3.63, 3.8) is 0 Å². The van der Waals surface area contributed by atoms with E-state index in [1.54, 1.807) is 0 Å². The second-order valence-corrected chi connectivity index (χ2v) is 3.34. The average Bonchev–Trinajstić information content (AvgIpc) is 2.71. The molecule has 0 unspecified atom stereocenters. The van der Waals surface area contributed by atoms with Crippen LogP contribution in [0.2, 0.25) is 0 Å². The summed E-state index contributed by atoms with van der Waals surface area (Å²) in [4.78, 5) is 1.46. The molecule has 0 aromatic heterocycles. The smallest absolute Gasteiger partial charge is 0.0369 e. The molecule has 0 aromatic carbocycles. The zero-order valence-corrected chi connectivity index (χ0v) is 5.90. The van der Waals surface area contributed by atoms with Gasteiger partial charge in [0, 0.05) is 17.3 Å². The maximum Gasteiger partial charge on any atom is 0.0369 e. The summed E-state index contributed by atoms with van der Waals surface area (Å²) in [6.07, 6.45) is 6.59. The van der Waals surface area contributed by atoms with Gasteiger partial charge < -0.3 is 0 Å². The normalized spacial score (nSPS) is 25.1. The lowest BCUT2D eigenvalue weighted by Gasteiger charge is -2.03. The van der Waals surface area contributed by atoms with Gasteiger partial charge in [-0.25, -0.2) is 0 Å². The van der Waals surface area contributed by atoms with E-state index in [2.05, 4.69) is 5.32 Å². The lowest BCUT2D eigenvalue weighted by molar-refractivity contribution is 1.04. The highest BCUT2D eigenvalue weighted by molar-refractivity contribution is 8.05. The molecule has 1 fully saturated rings. The van der Waals surface area contributed by atoms with Crippen molar-refractivity contribution in [1.29, 1.82) is 0 Å². The molecule has 0 saturated heterocycles. The van der Waals surface area contributed by atoms with E-state index in [0.29, 0.717) is 0 Å². The molecule has 0 bridgehead atoms. The zero-order chi connectivity index (χ0) is 6.10. The third kappa shape index (κ3) is 1.13. The van der Waals surface area contributed by atoms with Gasteiger partial charge in [-0.2, -0.15) is 0 Å². The zero-order valence-electron chi connectivity index (χ0n) is 5.08. The summed E-state index contributed by atoms with van der Waals surface area (Å²) in [6.45, 7) is 0. The molecule has 0 N–H and O–H groups in total. The van der Waals surface area contributed by atoms with Gasteiger partial charge in [0.25, 0.3) is 0 Å². The van der Waals surface area contributed by atoms with Crippen LogP contribution < -0.4 is 5.32 Å². The number of hydrogen-bond donors (Lipinski definition) is 0. The van der Waals surface area contributed by atoms with Gasteiger partial charge in [-0.1, -0.05) is 11.8 Å². The summed E-state index contributed by atoms with van der Waals surface area (Å²) >= 11 is 1.82. The van der Waals surface area contributed by atoms with Crippen molar-refractivity contribution in [2.75, 3.05) is 0 Å². The predicted octanol–water partition coefficient (Wildman–Crippen LogP) is 2.06. The van der Waals surface area contributed by atoms with Gasteiger partial charge in [0.05, 0.1) is 0 Å². The number of allylic oxidation sites excluding steroid dienone is 1. The fraction of sp³-hybridized carbons (Fsp3) is 0.429. The van der Waals surface area contributed by atoms with E-state index in [9.17, 15) is 0 Å². The Kier molecular flexibility index (Phi) is 1.27. The lowest BCUT2D eigenvalue weighted by atomic mass is 10.4. The first-order valence-corrected chi connectivity index (χ1v) is 4.06. The third-order valence-electron chi connectivity index (χ3n) is 1.53. The van der Waals surface area contributed by atoms with E-state index in [4.69, 9.17) is 0 Å². The van der Waals surface area contributed by atoms with Gasteiger partial charge >= 0.3 is 0 Å². The Bertz CT molecular complexity index is 168. The van der Waals surface area contributed by atoms with Gasteiger partial charge in [-0.3, -0.25) is 5.32 Å². The van der Waals surface area contributed by atoms with Crippen molar-refractivity contribution in [3.05, 3.63) is 22.7 Å². The molecule has 0 spiro atoms. The number of thioether (sulfide) groups is 1. The fourth-order valence-corrected chi connectivity index (χ4v) is 1.70. The molecule has 2 rings (SSSR count). The van der Waals surface area contributed by atoms with Crippen LogP contribution in [0, 0.1) is 5.92 Å². The van der Waals surface area contributed by atoms with E-state index >= 15 is 0 Å². The van der Waals surface area contributed by atoms with E-state index in [-0.39, 0.29) is 0 Å². The van der Waals surface area contributed by atoms with Gasteiger partial charge in [-0.05, 0) is 24.2 Å². The average molecular weight is 138 g/mol. The van der Waals surface area contributed by atoms with E-state index in [0.717, 1.165) is 5.92 Å². The number of nitrogens with zero attached hydrogens (tertiary/aromatic N) is 1. The van der Waals surface area contributed by atoms with E-state index in [1.807, 2.05) is 29.6 Å². The Morgan fingerprint density at radius 3 is 3.00 bits per heavy atom. The predicted molar refractivity (Wildman–Crippen MR) is 39.7 cm³/mol. The highest BCUT2D eigenvalue weighted by Gasteiger charge is 2.26. The van der Waals surface area contributed by atoms with Crippen LogP contribution in [0.4, 0.5) is 0 Å². The molecular weight excluding hydrogens is 130 g/mol. The summed E-state index contributed by atoms with van der Waals surface area (Å²) in [5, 5.41) is 6.11. The SMILES string of the molecule is C1=CSC(C2CC2)=C[N]1. The van der Waals surface area contributed by atoms with Crippen LogP contribution in [0.15, 0.2) is 22.7 Å². The molecule has 0 atom stereocenters. The molecule has 1 nitrogen and oxygen atoms in total. The Labute approximate surface area is 59.2 Å². The van der Waals surface area contributed by atoms with Crippen LogP contribution in [0.5, 0.6) is 0 Å². The van der Waals surface area contributed by atoms with Gasteiger partial charge in [-0.15, -0.1) is 0 Å². The van der Waals surface area contributed by atoms with Crippen LogP contribution >= 0.6 is 11.8 Å². The Balaban J connectivity index is 2.02. The van der Waals surface area contributed by atoms with Crippen LogP contribution in [-0.2, 0) is 0 Å². The Hall–Kier alpha value is -0.370. The van der Waals surface area contributed by atoms with Crippen molar-refractivity contribution >= 4 is 11.8 Å². The Morgan fingerprint density at radius 1 is 1.56 bits per heavy atom. The molecule has 1 aliphatic heterocycles. The summed E-state index contributed by atoms with van der Waals surface area (Å²) in [5.41, 5.74) is 0. The quantitative estimate of drug-likeness (QED) is 0.541. The molecule has 2 heteroatoms. The first-order chi connectivity index (χ1) is 4.47. The van der Waals surface area contributed by atoms with Crippen molar-refractivity contribution in [3.8, 4) is 0 Å². The van der Waals surface area contributed by atoms with Crippen molar-refractivity contribution in [1.82, 2.24) is 5.32 Å². The van der Waals surface area contributed by atoms with Crippen molar-refractivity contribution in [2.24, 2.45) is 5.92 Å². The monoisotopic (exact) mass is 138 g/mol. The maximum atomic E-state index is 4.06. The highest BCUT2D eigenvalue weighted by Crippen LogP contribution is 2.42. The molecule has 47 valence electrons. The minimum absolute atomic E-state index is 0.865. The molecule has 0 aromatic rings. The molecule has 9 heavy (non-hydrogen) atoms. The largest absolute Gasteiger partial charge is 0.263 e. The molecule has 1 radical (unpaired) electrons. The summed E-state index contributed by atoms with van der Waals surface area (Å²) in [5.74, 6) is 0.865. The van der Waals surface area contributed by atoms with Crippen molar-refractivity contribution in [2.45, 2.75) is 12.8 Å². The third-order valence-corrected chi connectivity index (χ3v) is 2.50. The Morgan fingerprint density at radius 2 is 2.44 bits per heavy atom. The van der Waals surface area contributed by atoms with Gasteiger partial charge in [0.15, 0.2) is 0 Å². The van der Waals surface area contributed by atoms with Gasteiger partial charge in [0.1, 0.15) is 0 Å². The number of hydrogen-bond acceptors (Lipinski definition) is 1. The minimum atomic E-state index is 0.865. The summed E-state index contributed by atoms with van der Waals surface area (Å²) in [7, 11) is 0. The molecule has 1 saturated carbocycles. The lowest BCUT2D eigenvalue weighted by Crippen LogP contribution is -1.90. The molecule has 2 aliphatic rings. The summed E-state index contributed by atoms with van der Waals surface area (Å²) in [6, 6.07) is 0. The maximum absolute atomic E-state index is 4.06. The van der Waals surface area contributed by atoms with Crippen LogP contribution in [0.1, 0.15) is 12.8 Å². The second-order valence-electron chi connectivity index (χ2n) is 2.36. The van der Waals surface area contributed by atoms with Gasteiger partial charge in [0.2, 0.25) is 0 Å². The van der Waals surface area contributed by atoms with Crippen molar-refractivity contribution < 1.29 is 0 Å². The standard InChI is InChI=1S/C7H8NS/c1-2-6(1)7-5-8-3-4-9-7/h3-6H,1-2H2. The first kappa shape index (κ1) is 5.42. The summed E-state index contributed by atoms with van der Waals surface area (Å²) < 4.78 is 0.